The lowest BCUT2D eigenvalue weighted by atomic mass is 9.71. The molecule has 1 N–H and O–H groups in total. The summed E-state index contributed by atoms with van der Waals surface area (Å²) in [6.45, 7) is 1.09. The standard InChI is InChI=1S/C24H26N2O5/c1-29-13-12-26-23(28)18-7-3-2-6-17(18)21(24(26)10-4-5-11-24)22(27)25-16-8-9-19-20(14-16)31-15-30-19/h2-3,6-9,14,21H,4-5,10-13,15H2,1H3,(H,25,27). The van der Waals surface area contributed by atoms with Crippen molar-refractivity contribution in [1.82, 2.24) is 4.90 Å². The van der Waals surface area contributed by atoms with Gasteiger partial charge in [-0.1, -0.05) is 31.0 Å². The van der Waals surface area contributed by atoms with E-state index >= 15 is 0 Å². The third kappa shape index (κ3) is 3.24. The maximum Gasteiger partial charge on any atom is 0.254 e. The van der Waals surface area contributed by atoms with E-state index < -0.39 is 11.5 Å². The van der Waals surface area contributed by atoms with Gasteiger partial charge in [-0.05, 0) is 36.6 Å². The number of benzene rings is 2. The molecule has 2 heterocycles. The highest BCUT2D eigenvalue weighted by Crippen LogP contribution is 2.50. The summed E-state index contributed by atoms with van der Waals surface area (Å²) in [5, 5.41) is 3.08. The molecule has 0 radical (unpaired) electrons. The number of rotatable bonds is 5. The van der Waals surface area contributed by atoms with Gasteiger partial charge in [0.15, 0.2) is 11.5 Å². The van der Waals surface area contributed by atoms with Gasteiger partial charge in [0.25, 0.3) is 5.91 Å². The maximum atomic E-state index is 13.8. The average molecular weight is 422 g/mol. The Bertz CT molecular complexity index is 1010. The van der Waals surface area contributed by atoms with E-state index in [1.165, 1.54) is 0 Å². The fourth-order valence-corrected chi connectivity index (χ4v) is 5.36. The number of hydrogen-bond acceptors (Lipinski definition) is 5. The smallest absolute Gasteiger partial charge is 0.254 e. The minimum absolute atomic E-state index is 0.0123. The minimum atomic E-state index is -0.537. The predicted molar refractivity (Wildman–Crippen MR) is 114 cm³/mol. The van der Waals surface area contributed by atoms with E-state index in [4.69, 9.17) is 14.2 Å². The van der Waals surface area contributed by atoms with Crippen LogP contribution in [-0.4, -0.2) is 49.3 Å². The SMILES string of the molecule is COCCN1C(=O)c2ccccc2C(C(=O)Nc2ccc3c(c2)OCO3)C12CCCC2. The molecule has 7 heteroatoms. The third-order valence-corrected chi connectivity index (χ3v) is 6.71. The minimum Gasteiger partial charge on any atom is -0.454 e. The number of methoxy groups -OCH3 is 1. The number of fused-ring (bicyclic) bond motifs is 2. The Morgan fingerprint density at radius 2 is 1.94 bits per heavy atom. The summed E-state index contributed by atoms with van der Waals surface area (Å²) in [6.07, 6.45) is 3.59. The number of amides is 2. The molecule has 1 atom stereocenters. The summed E-state index contributed by atoms with van der Waals surface area (Å²) in [5.74, 6) is 0.718. The molecule has 1 spiro atoms. The summed E-state index contributed by atoms with van der Waals surface area (Å²) >= 11 is 0. The number of carbonyl (C=O) groups excluding carboxylic acids is 2. The molecule has 1 unspecified atom stereocenters. The first-order chi connectivity index (χ1) is 15.1. The quantitative estimate of drug-likeness (QED) is 0.797. The van der Waals surface area contributed by atoms with Crippen LogP contribution in [0.3, 0.4) is 0 Å². The summed E-state index contributed by atoms with van der Waals surface area (Å²) in [6, 6.07) is 12.9. The number of anilines is 1. The van der Waals surface area contributed by atoms with Crippen LogP contribution < -0.4 is 14.8 Å². The first kappa shape index (κ1) is 19.9. The average Bonchev–Trinajstić information content (AvgIpc) is 3.44. The van der Waals surface area contributed by atoms with Gasteiger partial charge in [-0.2, -0.15) is 0 Å². The normalized spacial score (nSPS) is 20.7. The van der Waals surface area contributed by atoms with Gasteiger partial charge < -0.3 is 24.4 Å². The Labute approximate surface area is 181 Å². The van der Waals surface area contributed by atoms with E-state index in [0.29, 0.717) is 35.9 Å². The zero-order valence-corrected chi connectivity index (χ0v) is 17.6. The maximum absolute atomic E-state index is 13.8. The lowest BCUT2D eigenvalue weighted by molar-refractivity contribution is -0.121. The van der Waals surface area contributed by atoms with Crippen molar-refractivity contribution in [3.63, 3.8) is 0 Å². The number of carbonyl (C=O) groups is 2. The molecule has 31 heavy (non-hydrogen) atoms. The number of ether oxygens (including phenoxy) is 3. The molecule has 5 rings (SSSR count). The van der Waals surface area contributed by atoms with Gasteiger partial charge in [-0.15, -0.1) is 0 Å². The van der Waals surface area contributed by atoms with Crippen LogP contribution in [0, 0.1) is 0 Å². The lowest BCUT2D eigenvalue weighted by Gasteiger charge is -2.50. The van der Waals surface area contributed by atoms with Crippen LogP contribution >= 0.6 is 0 Å². The molecule has 2 aromatic carbocycles. The molecule has 2 amide bonds. The van der Waals surface area contributed by atoms with Gasteiger partial charge >= 0.3 is 0 Å². The summed E-state index contributed by atoms with van der Waals surface area (Å²) < 4.78 is 16.1. The zero-order valence-electron chi connectivity index (χ0n) is 17.6. The van der Waals surface area contributed by atoms with E-state index in [-0.39, 0.29) is 18.6 Å². The molecule has 1 aliphatic carbocycles. The fraction of sp³-hybridized carbons (Fsp3) is 0.417. The molecule has 1 saturated carbocycles. The van der Waals surface area contributed by atoms with Crippen molar-refractivity contribution in [2.45, 2.75) is 37.1 Å². The molecule has 7 nitrogen and oxygen atoms in total. The Balaban J connectivity index is 1.54. The van der Waals surface area contributed by atoms with Gasteiger partial charge in [-0.25, -0.2) is 0 Å². The van der Waals surface area contributed by atoms with Crippen LogP contribution in [0.4, 0.5) is 5.69 Å². The lowest BCUT2D eigenvalue weighted by Crippen LogP contribution is -2.60. The molecule has 0 bridgehead atoms. The van der Waals surface area contributed by atoms with Gasteiger partial charge in [0.1, 0.15) is 0 Å². The second-order valence-corrected chi connectivity index (χ2v) is 8.34. The molecule has 162 valence electrons. The van der Waals surface area contributed by atoms with Gasteiger partial charge in [0, 0.05) is 31.0 Å². The van der Waals surface area contributed by atoms with Gasteiger partial charge in [0.05, 0.1) is 18.1 Å². The van der Waals surface area contributed by atoms with Gasteiger partial charge in [0.2, 0.25) is 12.7 Å². The molecule has 0 aromatic heterocycles. The monoisotopic (exact) mass is 422 g/mol. The fourth-order valence-electron chi connectivity index (χ4n) is 5.36. The van der Waals surface area contributed by atoms with Crippen molar-refractivity contribution in [2.75, 3.05) is 32.4 Å². The largest absolute Gasteiger partial charge is 0.454 e. The van der Waals surface area contributed by atoms with Crippen molar-refractivity contribution in [2.24, 2.45) is 0 Å². The topological polar surface area (TPSA) is 77.1 Å². The van der Waals surface area contributed by atoms with Crippen LogP contribution in [-0.2, 0) is 9.53 Å². The highest BCUT2D eigenvalue weighted by molar-refractivity contribution is 6.05. The summed E-state index contributed by atoms with van der Waals surface area (Å²) in [5.41, 5.74) is 1.52. The molecule has 1 fully saturated rings. The second kappa shape index (κ2) is 7.89. The van der Waals surface area contributed by atoms with Crippen molar-refractivity contribution < 1.29 is 23.8 Å². The van der Waals surface area contributed by atoms with Gasteiger partial charge in [-0.3, -0.25) is 9.59 Å². The Kier molecular flexibility index (Phi) is 5.06. The Hall–Kier alpha value is -3.06. The molecule has 3 aliphatic rings. The van der Waals surface area contributed by atoms with Crippen molar-refractivity contribution in [3.8, 4) is 11.5 Å². The molecule has 0 saturated heterocycles. The van der Waals surface area contributed by atoms with Crippen LogP contribution in [0.1, 0.15) is 47.5 Å². The molecule has 2 aliphatic heterocycles. The van der Waals surface area contributed by atoms with Crippen molar-refractivity contribution in [3.05, 3.63) is 53.6 Å². The molecular formula is C24H26N2O5. The summed E-state index contributed by atoms with van der Waals surface area (Å²) in [7, 11) is 1.63. The second-order valence-electron chi connectivity index (χ2n) is 8.34. The molecule has 2 aromatic rings. The zero-order chi connectivity index (χ0) is 21.4. The van der Waals surface area contributed by atoms with E-state index in [9.17, 15) is 9.59 Å². The number of hydrogen-bond donors (Lipinski definition) is 1. The highest BCUT2D eigenvalue weighted by atomic mass is 16.7. The van der Waals surface area contributed by atoms with Crippen LogP contribution in [0.5, 0.6) is 11.5 Å². The third-order valence-electron chi connectivity index (χ3n) is 6.71. The van der Waals surface area contributed by atoms with E-state index in [0.717, 1.165) is 31.2 Å². The van der Waals surface area contributed by atoms with E-state index in [2.05, 4.69) is 5.32 Å². The molecular weight excluding hydrogens is 396 g/mol. The Morgan fingerprint density at radius 3 is 2.74 bits per heavy atom. The van der Waals surface area contributed by atoms with Crippen molar-refractivity contribution in [1.29, 1.82) is 0 Å². The highest BCUT2D eigenvalue weighted by Gasteiger charge is 2.55. The first-order valence-electron chi connectivity index (χ1n) is 10.7. The number of nitrogens with zero attached hydrogens (tertiary/aromatic N) is 1. The first-order valence-corrected chi connectivity index (χ1v) is 10.7. The predicted octanol–water partition coefficient (Wildman–Crippen LogP) is 3.55. The summed E-state index contributed by atoms with van der Waals surface area (Å²) in [4.78, 5) is 29.1. The van der Waals surface area contributed by atoms with E-state index in [1.807, 2.05) is 35.2 Å². The number of nitrogens with one attached hydrogen (secondary N) is 1. The van der Waals surface area contributed by atoms with Crippen LogP contribution in [0.25, 0.3) is 0 Å². The van der Waals surface area contributed by atoms with E-state index in [1.54, 1.807) is 19.2 Å². The van der Waals surface area contributed by atoms with Crippen LogP contribution in [0.2, 0.25) is 0 Å². The Morgan fingerprint density at radius 1 is 1.16 bits per heavy atom. The van der Waals surface area contributed by atoms with Crippen LogP contribution in [0.15, 0.2) is 42.5 Å². The van der Waals surface area contributed by atoms with Crippen molar-refractivity contribution >= 4 is 17.5 Å².